The van der Waals surface area contributed by atoms with Gasteiger partial charge in [0.15, 0.2) is 5.96 Å². The summed E-state index contributed by atoms with van der Waals surface area (Å²) in [6.07, 6.45) is 2.63. The van der Waals surface area contributed by atoms with Gasteiger partial charge >= 0.3 is 5.97 Å². The maximum Gasteiger partial charge on any atom is 0.326 e. The van der Waals surface area contributed by atoms with Crippen LogP contribution >= 0.6 is 11.8 Å². The number of amides is 5. The Balaban J connectivity index is 2.37. The molecular formula is C39H59N9O8S. The molecule has 13 N–H and O–H groups in total. The Morgan fingerprint density at radius 3 is 1.65 bits per heavy atom. The van der Waals surface area contributed by atoms with Crippen LogP contribution < -0.4 is 43.8 Å². The fraction of sp³-hybridized carbons (Fsp3) is 0.513. The molecule has 0 spiro atoms. The molecule has 5 amide bonds. The number of carbonyl (C=O) groups excluding carboxylic acids is 5. The van der Waals surface area contributed by atoms with Crippen LogP contribution in [-0.2, 0) is 41.6 Å². The number of aliphatic carboxylic acids is 1. The monoisotopic (exact) mass is 813 g/mol. The predicted octanol–water partition coefficient (Wildman–Crippen LogP) is 0.132. The molecule has 314 valence electrons. The highest BCUT2D eigenvalue weighted by atomic mass is 32.2. The number of carbonyl (C=O) groups is 6. The number of hydrogen-bond acceptors (Lipinski definition) is 10. The number of carboxylic acid groups (broad SMARTS) is 1. The van der Waals surface area contributed by atoms with Crippen LogP contribution in [0.2, 0.25) is 0 Å². The van der Waals surface area contributed by atoms with E-state index in [4.69, 9.17) is 17.2 Å². The minimum atomic E-state index is -1.28. The molecule has 6 atom stereocenters. The number of thioether (sulfide) groups is 1. The van der Waals surface area contributed by atoms with Gasteiger partial charge in [-0.2, -0.15) is 11.8 Å². The second-order valence-electron chi connectivity index (χ2n) is 14.4. The van der Waals surface area contributed by atoms with Crippen LogP contribution in [0.1, 0.15) is 58.1 Å². The molecule has 0 aromatic heterocycles. The second kappa shape index (κ2) is 24.3. The first-order chi connectivity index (χ1) is 26.9. The molecule has 2 aromatic carbocycles. The Labute approximate surface area is 338 Å². The van der Waals surface area contributed by atoms with Gasteiger partial charge in [-0.05, 0) is 66.4 Å². The van der Waals surface area contributed by atoms with Gasteiger partial charge in [-0.25, -0.2) is 4.79 Å². The Morgan fingerprint density at radius 2 is 1.14 bits per heavy atom. The van der Waals surface area contributed by atoms with Crippen LogP contribution in [0.25, 0.3) is 0 Å². The smallest absolute Gasteiger partial charge is 0.326 e. The number of phenols is 1. The molecule has 0 aliphatic heterocycles. The number of guanidine groups is 1. The molecule has 0 fully saturated rings. The van der Waals surface area contributed by atoms with Crippen molar-refractivity contribution in [1.29, 1.82) is 0 Å². The summed E-state index contributed by atoms with van der Waals surface area (Å²) in [7, 11) is 0. The maximum absolute atomic E-state index is 14.1. The lowest BCUT2D eigenvalue weighted by atomic mass is 9.98. The van der Waals surface area contributed by atoms with Crippen LogP contribution in [0.5, 0.6) is 5.75 Å². The minimum absolute atomic E-state index is 0.0109. The lowest BCUT2D eigenvalue weighted by Gasteiger charge is -2.29. The van der Waals surface area contributed by atoms with E-state index in [1.807, 2.05) is 6.26 Å². The van der Waals surface area contributed by atoms with Crippen molar-refractivity contribution in [2.24, 2.45) is 34.0 Å². The SMILES string of the molecule is CSCCC(NC(=O)C(NC(=O)C(NC(=O)C(Cc1ccc(O)cc1)NC(=O)C(Cc1ccccc1)NC(=O)C(N)CCCN=C(N)N)C(C)C)C(C)C)C(=O)O. The summed E-state index contributed by atoms with van der Waals surface area (Å²) in [5.74, 6) is -5.16. The number of rotatable bonds is 24. The van der Waals surface area contributed by atoms with Gasteiger partial charge in [0, 0.05) is 19.4 Å². The first kappa shape index (κ1) is 47.8. The molecule has 0 saturated heterocycles. The van der Waals surface area contributed by atoms with Crippen LogP contribution in [0.15, 0.2) is 59.6 Å². The van der Waals surface area contributed by atoms with E-state index >= 15 is 0 Å². The second-order valence-corrected chi connectivity index (χ2v) is 15.4. The van der Waals surface area contributed by atoms with Crippen molar-refractivity contribution in [2.75, 3.05) is 18.6 Å². The zero-order chi connectivity index (χ0) is 42.7. The van der Waals surface area contributed by atoms with Gasteiger partial charge in [0.05, 0.1) is 6.04 Å². The normalized spacial score (nSPS) is 14.2. The van der Waals surface area contributed by atoms with E-state index in [9.17, 15) is 39.0 Å². The molecule has 6 unspecified atom stereocenters. The molecule has 18 heteroatoms. The van der Waals surface area contributed by atoms with Crippen molar-refractivity contribution >= 4 is 53.2 Å². The van der Waals surface area contributed by atoms with Crippen LogP contribution in [0, 0.1) is 11.8 Å². The van der Waals surface area contributed by atoms with Crippen molar-refractivity contribution < 1.29 is 39.0 Å². The van der Waals surface area contributed by atoms with Gasteiger partial charge in [0.2, 0.25) is 29.5 Å². The molecule has 2 aromatic rings. The predicted molar refractivity (Wildman–Crippen MR) is 220 cm³/mol. The van der Waals surface area contributed by atoms with Gasteiger partial charge < -0.3 is 54.0 Å². The lowest BCUT2D eigenvalue weighted by molar-refractivity contribution is -0.142. The van der Waals surface area contributed by atoms with Gasteiger partial charge in [-0.3, -0.25) is 29.0 Å². The number of nitrogens with zero attached hydrogens (tertiary/aromatic N) is 1. The topological polar surface area (TPSA) is 293 Å². The number of nitrogens with one attached hydrogen (secondary N) is 5. The van der Waals surface area contributed by atoms with E-state index in [0.717, 1.165) is 5.56 Å². The number of phenolic OH excluding ortho intramolecular Hbond substituents is 1. The highest BCUT2D eigenvalue weighted by Gasteiger charge is 2.35. The average Bonchev–Trinajstić information content (AvgIpc) is 3.15. The van der Waals surface area contributed by atoms with Crippen molar-refractivity contribution in [3.8, 4) is 5.75 Å². The third-order valence-electron chi connectivity index (χ3n) is 8.95. The van der Waals surface area contributed by atoms with E-state index in [2.05, 4.69) is 31.6 Å². The molecular weight excluding hydrogens is 755 g/mol. The van der Waals surface area contributed by atoms with Crippen molar-refractivity contribution in [1.82, 2.24) is 26.6 Å². The van der Waals surface area contributed by atoms with E-state index in [1.165, 1.54) is 23.9 Å². The van der Waals surface area contributed by atoms with Crippen LogP contribution in [0.3, 0.4) is 0 Å². The summed E-state index contributed by atoms with van der Waals surface area (Å²) in [6, 6.07) is 8.03. The Hall–Kier alpha value is -5.36. The summed E-state index contributed by atoms with van der Waals surface area (Å²) in [6.45, 7) is 7.03. The quantitative estimate of drug-likeness (QED) is 0.0385. The lowest BCUT2D eigenvalue weighted by Crippen LogP contribution is -2.61. The molecule has 0 bridgehead atoms. The highest BCUT2D eigenvalue weighted by molar-refractivity contribution is 7.98. The Kier molecular flexibility index (Phi) is 20.4. The minimum Gasteiger partial charge on any atom is -0.508 e. The van der Waals surface area contributed by atoms with Gasteiger partial charge in [0.1, 0.15) is 36.0 Å². The van der Waals surface area contributed by atoms with Crippen LogP contribution in [0.4, 0.5) is 0 Å². The molecule has 57 heavy (non-hydrogen) atoms. The van der Waals surface area contributed by atoms with E-state index in [0.29, 0.717) is 17.7 Å². The first-order valence-corrected chi connectivity index (χ1v) is 20.2. The van der Waals surface area contributed by atoms with Crippen molar-refractivity contribution in [3.05, 3.63) is 65.7 Å². The van der Waals surface area contributed by atoms with Gasteiger partial charge in [0.25, 0.3) is 0 Å². The summed E-state index contributed by atoms with van der Waals surface area (Å²) in [5.41, 5.74) is 18.2. The van der Waals surface area contributed by atoms with Crippen molar-refractivity contribution in [3.63, 3.8) is 0 Å². The summed E-state index contributed by atoms with van der Waals surface area (Å²) < 4.78 is 0. The van der Waals surface area contributed by atoms with Gasteiger partial charge in [-0.15, -0.1) is 0 Å². The first-order valence-electron chi connectivity index (χ1n) is 18.8. The van der Waals surface area contributed by atoms with E-state index in [1.54, 1.807) is 70.2 Å². The fourth-order valence-electron chi connectivity index (χ4n) is 5.66. The molecule has 0 aliphatic carbocycles. The third kappa shape index (κ3) is 17.1. The number of aromatic hydroxyl groups is 1. The zero-order valence-corrected chi connectivity index (χ0v) is 34.0. The average molecular weight is 814 g/mol. The highest BCUT2D eigenvalue weighted by Crippen LogP contribution is 2.14. The molecule has 0 heterocycles. The molecule has 0 saturated carbocycles. The summed E-state index contributed by atoms with van der Waals surface area (Å²) in [5, 5.41) is 32.9. The number of nitrogens with two attached hydrogens (primary N) is 3. The Bertz CT molecular complexity index is 1660. The van der Waals surface area contributed by atoms with E-state index in [-0.39, 0.29) is 43.9 Å². The number of hydrogen-bond donors (Lipinski definition) is 10. The largest absolute Gasteiger partial charge is 0.508 e. The van der Waals surface area contributed by atoms with Gasteiger partial charge in [-0.1, -0.05) is 70.2 Å². The standard InChI is InChI=1S/C39H59N9O8S/c1-22(2)31(36(53)44-28(38(55)56)17-19-57-5)48-37(54)32(23(3)4)47-35(52)30(21-25-13-15-26(49)16-14-25)46-34(51)29(20-24-10-7-6-8-11-24)45-33(50)27(40)12-9-18-43-39(41)42/h6-8,10-11,13-16,22-23,27-32,49H,9,12,17-21,40H2,1-5H3,(H,44,53)(H,45,50)(H,46,51)(H,47,52)(H,48,54)(H,55,56)(H4,41,42,43). The molecule has 0 radical (unpaired) electrons. The summed E-state index contributed by atoms with van der Waals surface area (Å²) >= 11 is 1.43. The fourth-order valence-corrected chi connectivity index (χ4v) is 6.13. The number of carboxylic acids is 1. The zero-order valence-electron chi connectivity index (χ0n) is 33.2. The number of benzene rings is 2. The van der Waals surface area contributed by atoms with E-state index < -0.39 is 83.6 Å². The maximum atomic E-state index is 14.1. The van der Waals surface area contributed by atoms with Crippen molar-refractivity contribution in [2.45, 2.75) is 96.1 Å². The van der Waals surface area contributed by atoms with Crippen LogP contribution in [-0.4, -0.2) is 106 Å². The third-order valence-corrected chi connectivity index (χ3v) is 9.59. The summed E-state index contributed by atoms with van der Waals surface area (Å²) in [4.78, 5) is 84.1. The molecule has 17 nitrogen and oxygen atoms in total. The Morgan fingerprint density at radius 1 is 0.667 bits per heavy atom. The molecule has 2 rings (SSSR count). The number of aliphatic imine (C=N–C) groups is 1. The molecule has 0 aliphatic rings.